The van der Waals surface area contributed by atoms with Crippen LogP contribution in [0.15, 0.2) is 36.5 Å². The van der Waals surface area contributed by atoms with Gasteiger partial charge in [-0.1, -0.05) is 30.3 Å². The third kappa shape index (κ3) is 3.94. The Morgan fingerprint density at radius 1 is 1.27 bits per heavy atom. The number of carbonyl (C=O) groups excluding carboxylic acids is 2. The zero-order chi connectivity index (χ0) is 18.5. The second-order valence-corrected chi connectivity index (χ2v) is 6.56. The van der Waals surface area contributed by atoms with Crippen molar-refractivity contribution in [2.75, 3.05) is 33.2 Å². The van der Waals surface area contributed by atoms with E-state index in [0.717, 1.165) is 18.7 Å². The highest BCUT2D eigenvalue weighted by molar-refractivity contribution is 5.95. The Balaban J connectivity index is 1.68. The highest BCUT2D eigenvalue weighted by Crippen LogP contribution is 2.16. The zero-order valence-corrected chi connectivity index (χ0v) is 15.2. The molecule has 7 nitrogen and oxygen atoms in total. The largest absolute Gasteiger partial charge is 0.358 e. The summed E-state index contributed by atoms with van der Waals surface area (Å²) < 4.78 is 0. The molecular formula is C19H25N5O2. The summed E-state index contributed by atoms with van der Waals surface area (Å²) in [5, 5.41) is 9.45. The van der Waals surface area contributed by atoms with Crippen LogP contribution in [0.1, 0.15) is 21.6 Å². The summed E-state index contributed by atoms with van der Waals surface area (Å²) in [5.41, 5.74) is 2.56. The van der Waals surface area contributed by atoms with E-state index in [1.807, 2.05) is 25.1 Å². The van der Waals surface area contributed by atoms with E-state index in [4.69, 9.17) is 0 Å². The fourth-order valence-electron chi connectivity index (χ4n) is 3.34. The van der Waals surface area contributed by atoms with E-state index < -0.39 is 0 Å². The number of hydrogen-bond donors (Lipinski definition) is 2. The standard InChI is InChI=1S/C19H25N5O2/c1-14-16(12-21-22-14)19(26)24-11-10-23(17(13-24)18(25)20-2)9-8-15-6-4-3-5-7-15/h3-7,12,17H,8-11,13H2,1-2H3,(H,20,25)(H,21,22)/t17-/m1/s1. The Morgan fingerprint density at radius 2 is 2.04 bits per heavy atom. The van der Waals surface area contributed by atoms with Crippen molar-refractivity contribution < 1.29 is 9.59 Å². The Labute approximate surface area is 153 Å². The van der Waals surface area contributed by atoms with Gasteiger partial charge in [0, 0.05) is 38.9 Å². The number of aromatic amines is 1. The molecule has 3 rings (SSSR count). The fraction of sp³-hybridized carbons (Fsp3) is 0.421. The van der Waals surface area contributed by atoms with Crippen molar-refractivity contribution in [3.05, 3.63) is 53.3 Å². The predicted octanol–water partition coefficient (Wildman–Crippen LogP) is 0.833. The Kier molecular flexibility index (Phi) is 5.68. The van der Waals surface area contributed by atoms with Crippen LogP contribution in [0.5, 0.6) is 0 Å². The lowest BCUT2D eigenvalue weighted by atomic mass is 10.1. The number of amides is 2. The lowest BCUT2D eigenvalue weighted by Crippen LogP contribution is -2.60. The second kappa shape index (κ2) is 8.14. The topological polar surface area (TPSA) is 81.3 Å². The smallest absolute Gasteiger partial charge is 0.257 e. The number of nitrogens with one attached hydrogen (secondary N) is 2. The fourth-order valence-corrected chi connectivity index (χ4v) is 3.34. The molecule has 7 heteroatoms. The summed E-state index contributed by atoms with van der Waals surface area (Å²) >= 11 is 0. The van der Waals surface area contributed by atoms with Gasteiger partial charge in [0.25, 0.3) is 5.91 Å². The van der Waals surface area contributed by atoms with E-state index in [-0.39, 0.29) is 17.9 Å². The average Bonchev–Trinajstić information content (AvgIpc) is 3.11. The van der Waals surface area contributed by atoms with Crippen LogP contribution in [0.3, 0.4) is 0 Å². The number of piperazine rings is 1. The maximum Gasteiger partial charge on any atom is 0.257 e. The van der Waals surface area contributed by atoms with Gasteiger partial charge in [0.05, 0.1) is 11.8 Å². The van der Waals surface area contributed by atoms with Crippen LogP contribution in [0.2, 0.25) is 0 Å². The molecule has 1 fully saturated rings. The van der Waals surface area contributed by atoms with E-state index >= 15 is 0 Å². The molecule has 0 saturated carbocycles. The van der Waals surface area contributed by atoms with Crippen LogP contribution in [-0.4, -0.2) is 71.1 Å². The summed E-state index contributed by atoms with van der Waals surface area (Å²) in [6.45, 7) is 4.28. The first-order valence-electron chi connectivity index (χ1n) is 8.89. The van der Waals surface area contributed by atoms with Gasteiger partial charge in [-0.25, -0.2) is 0 Å². The van der Waals surface area contributed by atoms with Crippen molar-refractivity contribution in [1.29, 1.82) is 0 Å². The Morgan fingerprint density at radius 3 is 2.69 bits per heavy atom. The van der Waals surface area contributed by atoms with E-state index in [2.05, 4.69) is 32.5 Å². The van der Waals surface area contributed by atoms with E-state index in [0.29, 0.717) is 25.2 Å². The number of rotatable bonds is 5. The van der Waals surface area contributed by atoms with Crippen molar-refractivity contribution in [2.45, 2.75) is 19.4 Å². The number of carbonyl (C=O) groups is 2. The number of aromatic nitrogens is 2. The molecule has 1 atom stereocenters. The van der Waals surface area contributed by atoms with Crippen molar-refractivity contribution in [2.24, 2.45) is 0 Å². The lowest BCUT2D eigenvalue weighted by molar-refractivity contribution is -0.127. The van der Waals surface area contributed by atoms with Crippen LogP contribution in [0.25, 0.3) is 0 Å². The van der Waals surface area contributed by atoms with Crippen LogP contribution < -0.4 is 5.32 Å². The normalized spacial score (nSPS) is 17.9. The zero-order valence-electron chi connectivity index (χ0n) is 15.2. The quantitative estimate of drug-likeness (QED) is 0.833. The van der Waals surface area contributed by atoms with Crippen LogP contribution in [0, 0.1) is 6.92 Å². The summed E-state index contributed by atoms with van der Waals surface area (Å²) in [7, 11) is 1.64. The second-order valence-electron chi connectivity index (χ2n) is 6.56. The molecule has 2 N–H and O–H groups in total. The summed E-state index contributed by atoms with van der Waals surface area (Å²) in [5.74, 6) is -0.132. The molecule has 0 bridgehead atoms. The SMILES string of the molecule is CNC(=O)[C@H]1CN(C(=O)c2cn[nH]c2C)CCN1CCc1ccccc1. The Hall–Kier alpha value is -2.67. The van der Waals surface area contributed by atoms with E-state index in [1.54, 1.807) is 18.1 Å². The first kappa shape index (κ1) is 18.1. The number of aryl methyl sites for hydroxylation is 1. The number of H-pyrrole nitrogens is 1. The van der Waals surface area contributed by atoms with Gasteiger partial charge in [-0.2, -0.15) is 5.10 Å². The van der Waals surface area contributed by atoms with Crippen LogP contribution in [0.4, 0.5) is 0 Å². The van der Waals surface area contributed by atoms with Crippen molar-refractivity contribution in [3.8, 4) is 0 Å². The molecule has 2 aromatic rings. The highest BCUT2D eigenvalue weighted by atomic mass is 16.2. The van der Waals surface area contributed by atoms with Crippen LogP contribution in [-0.2, 0) is 11.2 Å². The first-order valence-corrected chi connectivity index (χ1v) is 8.89. The maximum atomic E-state index is 12.7. The summed E-state index contributed by atoms with van der Waals surface area (Å²) in [6, 6.07) is 9.89. The molecule has 0 unspecified atom stereocenters. The van der Waals surface area contributed by atoms with Crippen molar-refractivity contribution >= 4 is 11.8 Å². The number of nitrogens with zero attached hydrogens (tertiary/aromatic N) is 3. The van der Waals surface area contributed by atoms with E-state index in [9.17, 15) is 9.59 Å². The molecule has 1 aromatic carbocycles. The Bertz CT molecular complexity index is 758. The molecule has 1 aliphatic heterocycles. The minimum absolute atomic E-state index is 0.0560. The molecule has 1 saturated heterocycles. The van der Waals surface area contributed by atoms with Gasteiger partial charge in [0.15, 0.2) is 0 Å². The number of hydrogen-bond acceptors (Lipinski definition) is 4. The molecular weight excluding hydrogens is 330 g/mol. The predicted molar refractivity (Wildman–Crippen MR) is 98.8 cm³/mol. The first-order chi connectivity index (χ1) is 12.6. The number of benzene rings is 1. The third-order valence-electron chi connectivity index (χ3n) is 4.92. The van der Waals surface area contributed by atoms with Crippen LogP contribution >= 0.6 is 0 Å². The van der Waals surface area contributed by atoms with E-state index in [1.165, 1.54) is 5.56 Å². The molecule has 0 radical (unpaired) electrons. The van der Waals surface area contributed by atoms with Gasteiger partial charge in [-0.3, -0.25) is 19.6 Å². The molecule has 26 heavy (non-hydrogen) atoms. The molecule has 2 amide bonds. The number of likely N-dealkylation sites (N-methyl/N-ethyl adjacent to an activating group) is 1. The van der Waals surface area contributed by atoms with Crippen molar-refractivity contribution in [1.82, 2.24) is 25.3 Å². The average molecular weight is 355 g/mol. The summed E-state index contributed by atoms with van der Waals surface area (Å²) in [6.07, 6.45) is 2.43. The van der Waals surface area contributed by atoms with Gasteiger partial charge in [-0.15, -0.1) is 0 Å². The van der Waals surface area contributed by atoms with Gasteiger partial charge >= 0.3 is 0 Å². The summed E-state index contributed by atoms with van der Waals surface area (Å²) in [4.78, 5) is 29.1. The minimum atomic E-state index is -0.339. The molecule has 0 spiro atoms. The lowest BCUT2D eigenvalue weighted by Gasteiger charge is -2.40. The molecule has 0 aliphatic carbocycles. The molecule has 138 valence electrons. The third-order valence-corrected chi connectivity index (χ3v) is 4.92. The molecule has 1 aliphatic rings. The molecule has 2 heterocycles. The highest BCUT2D eigenvalue weighted by Gasteiger charge is 2.34. The van der Waals surface area contributed by atoms with Gasteiger partial charge in [0.1, 0.15) is 6.04 Å². The van der Waals surface area contributed by atoms with Gasteiger partial charge in [-0.05, 0) is 18.9 Å². The molecule has 1 aromatic heterocycles. The minimum Gasteiger partial charge on any atom is -0.358 e. The van der Waals surface area contributed by atoms with Gasteiger partial charge < -0.3 is 10.2 Å². The maximum absolute atomic E-state index is 12.7. The monoisotopic (exact) mass is 355 g/mol. The van der Waals surface area contributed by atoms with Crippen molar-refractivity contribution in [3.63, 3.8) is 0 Å². The van der Waals surface area contributed by atoms with Gasteiger partial charge in [0.2, 0.25) is 5.91 Å².